The number of carbonyl (C=O) groups is 2. The monoisotopic (exact) mass is 372 g/mol. The summed E-state index contributed by atoms with van der Waals surface area (Å²) in [6.07, 6.45) is 3.87. The highest BCUT2D eigenvalue weighted by Gasteiger charge is 2.10. The van der Waals surface area contributed by atoms with Crippen LogP contribution in [0.5, 0.6) is 0 Å². The summed E-state index contributed by atoms with van der Waals surface area (Å²) in [7, 11) is 0. The number of benzene rings is 2. The van der Waals surface area contributed by atoms with Crippen molar-refractivity contribution < 1.29 is 9.59 Å². The van der Waals surface area contributed by atoms with Gasteiger partial charge in [-0.3, -0.25) is 9.59 Å². The van der Waals surface area contributed by atoms with Crippen molar-refractivity contribution in [3.63, 3.8) is 0 Å². The Hall–Kier alpha value is -2.33. The molecular formula is C21H25ClN2O2. The smallest absolute Gasteiger partial charge is 0.251 e. The summed E-state index contributed by atoms with van der Waals surface area (Å²) >= 11 is 5.96. The molecule has 2 rings (SSSR count). The highest BCUT2D eigenvalue weighted by atomic mass is 35.5. The van der Waals surface area contributed by atoms with Crippen LogP contribution in [-0.4, -0.2) is 24.9 Å². The first kappa shape index (κ1) is 20.0. The summed E-state index contributed by atoms with van der Waals surface area (Å²) in [5, 5.41) is 6.45. The Labute approximate surface area is 159 Å². The van der Waals surface area contributed by atoms with E-state index in [1.54, 1.807) is 24.3 Å². The third-order valence-electron chi connectivity index (χ3n) is 4.04. The predicted molar refractivity (Wildman–Crippen MR) is 106 cm³/mol. The van der Waals surface area contributed by atoms with Gasteiger partial charge in [-0.2, -0.15) is 0 Å². The summed E-state index contributed by atoms with van der Waals surface area (Å²) in [6, 6.07) is 14.4. The molecule has 2 aromatic rings. The average molecular weight is 373 g/mol. The molecule has 0 aromatic heterocycles. The van der Waals surface area contributed by atoms with Crippen molar-refractivity contribution in [3.05, 3.63) is 70.2 Å². The zero-order chi connectivity index (χ0) is 18.8. The van der Waals surface area contributed by atoms with Crippen LogP contribution in [-0.2, 0) is 6.42 Å². The second-order valence-corrected chi connectivity index (χ2v) is 6.62. The van der Waals surface area contributed by atoms with E-state index in [1.165, 1.54) is 0 Å². The van der Waals surface area contributed by atoms with Gasteiger partial charge in [0.25, 0.3) is 11.8 Å². The van der Waals surface area contributed by atoms with Crippen LogP contribution in [0.1, 0.15) is 52.5 Å². The first-order valence-corrected chi connectivity index (χ1v) is 9.39. The van der Waals surface area contributed by atoms with E-state index in [9.17, 15) is 9.59 Å². The maximum atomic E-state index is 12.3. The molecule has 0 aliphatic carbocycles. The fourth-order valence-corrected chi connectivity index (χ4v) is 2.81. The molecule has 0 aliphatic heterocycles. The molecule has 138 valence electrons. The molecule has 0 saturated heterocycles. The van der Waals surface area contributed by atoms with Gasteiger partial charge in [0.05, 0.1) is 0 Å². The van der Waals surface area contributed by atoms with E-state index >= 15 is 0 Å². The maximum Gasteiger partial charge on any atom is 0.251 e. The van der Waals surface area contributed by atoms with Gasteiger partial charge in [0, 0.05) is 29.2 Å². The lowest BCUT2D eigenvalue weighted by Crippen LogP contribution is -2.27. The van der Waals surface area contributed by atoms with Gasteiger partial charge in [-0.25, -0.2) is 0 Å². The van der Waals surface area contributed by atoms with Gasteiger partial charge in [-0.15, -0.1) is 0 Å². The number of amides is 2. The fraction of sp³-hybridized carbons (Fsp3) is 0.333. The van der Waals surface area contributed by atoms with Gasteiger partial charge in [0.1, 0.15) is 0 Å². The third-order valence-corrected chi connectivity index (χ3v) is 4.28. The van der Waals surface area contributed by atoms with Gasteiger partial charge in [0.2, 0.25) is 0 Å². The maximum absolute atomic E-state index is 12.3. The molecule has 0 spiro atoms. The third kappa shape index (κ3) is 6.52. The Morgan fingerprint density at radius 2 is 1.54 bits per heavy atom. The van der Waals surface area contributed by atoms with Crippen LogP contribution in [0.4, 0.5) is 0 Å². The van der Waals surface area contributed by atoms with Crippen LogP contribution in [0.15, 0.2) is 48.5 Å². The Morgan fingerprint density at radius 3 is 2.19 bits per heavy atom. The van der Waals surface area contributed by atoms with E-state index in [2.05, 4.69) is 17.6 Å². The minimum Gasteiger partial charge on any atom is -0.352 e. The van der Waals surface area contributed by atoms with E-state index in [0.717, 1.165) is 24.8 Å². The molecule has 26 heavy (non-hydrogen) atoms. The molecule has 5 heteroatoms. The molecular weight excluding hydrogens is 348 g/mol. The molecule has 2 N–H and O–H groups in total. The van der Waals surface area contributed by atoms with Crippen molar-refractivity contribution in [2.45, 2.75) is 32.6 Å². The molecule has 0 fully saturated rings. The normalized spacial score (nSPS) is 10.4. The largest absolute Gasteiger partial charge is 0.352 e. The van der Waals surface area contributed by atoms with Crippen LogP contribution in [0.2, 0.25) is 5.02 Å². The molecule has 0 unspecified atom stereocenters. The van der Waals surface area contributed by atoms with Crippen molar-refractivity contribution in [2.75, 3.05) is 13.1 Å². The molecule has 0 heterocycles. The molecule has 4 nitrogen and oxygen atoms in total. The van der Waals surface area contributed by atoms with Crippen molar-refractivity contribution in [3.8, 4) is 0 Å². The van der Waals surface area contributed by atoms with Crippen molar-refractivity contribution in [1.82, 2.24) is 10.6 Å². The lowest BCUT2D eigenvalue weighted by Gasteiger charge is -2.08. The summed E-state index contributed by atoms with van der Waals surface area (Å²) in [4.78, 5) is 24.5. The Kier molecular flexibility index (Phi) is 8.16. The average Bonchev–Trinajstić information content (AvgIpc) is 2.65. The number of unbranched alkanes of at least 4 members (excludes halogenated alkanes) is 2. The number of rotatable bonds is 9. The van der Waals surface area contributed by atoms with E-state index in [4.69, 9.17) is 11.6 Å². The summed E-state index contributed by atoms with van der Waals surface area (Å²) in [5.41, 5.74) is 2.05. The summed E-state index contributed by atoms with van der Waals surface area (Å²) < 4.78 is 0. The number of nitrogens with one attached hydrogen (secondary N) is 2. The van der Waals surface area contributed by atoms with Crippen LogP contribution < -0.4 is 10.6 Å². The number of hydrogen-bond acceptors (Lipinski definition) is 2. The Balaban J connectivity index is 1.85. The van der Waals surface area contributed by atoms with Crippen LogP contribution >= 0.6 is 11.6 Å². The molecule has 0 atom stereocenters. The van der Waals surface area contributed by atoms with Crippen LogP contribution in [0.3, 0.4) is 0 Å². The van der Waals surface area contributed by atoms with Crippen molar-refractivity contribution in [1.29, 1.82) is 0 Å². The fourth-order valence-electron chi connectivity index (χ4n) is 2.60. The predicted octanol–water partition coefficient (Wildman–Crippen LogP) is 4.23. The number of hydrogen-bond donors (Lipinski definition) is 2. The standard InChI is InChI=1S/C21H25ClN2O2/c1-2-3-4-12-23-20(25)17-8-6-9-18(15-17)21(26)24-13-11-16-7-5-10-19(22)14-16/h5-10,14-15H,2-4,11-13H2,1H3,(H,23,25)(H,24,26). The Morgan fingerprint density at radius 1 is 0.885 bits per heavy atom. The molecule has 0 saturated carbocycles. The first-order valence-electron chi connectivity index (χ1n) is 9.01. The summed E-state index contributed by atoms with van der Waals surface area (Å²) in [5.74, 6) is -0.331. The van der Waals surface area contributed by atoms with Crippen LogP contribution in [0, 0.1) is 0 Å². The topological polar surface area (TPSA) is 58.2 Å². The lowest BCUT2D eigenvalue weighted by atomic mass is 10.1. The highest BCUT2D eigenvalue weighted by molar-refractivity contribution is 6.30. The van der Waals surface area contributed by atoms with Crippen molar-refractivity contribution >= 4 is 23.4 Å². The lowest BCUT2D eigenvalue weighted by molar-refractivity contribution is 0.0952. The number of halogens is 1. The first-order chi connectivity index (χ1) is 12.6. The van der Waals surface area contributed by atoms with E-state index in [0.29, 0.717) is 35.7 Å². The second-order valence-electron chi connectivity index (χ2n) is 6.18. The SMILES string of the molecule is CCCCCNC(=O)c1cccc(C(=O)NCCc2cccc(Cl)c2)c1. The van der Waals surface area contributed by atoms with Gasteiger partial charge < -0.3 is 10.6 Å². The minimum atomic E-state index is -0.187. The van der Waals surface area contributed by atoms with Gasteiger partial charge in [0.15, 0.2) is 0 Å². The van der Waals surface area contributed by atoms with Crippen molar-refractivity contribution in [2.24, 2.45) is 0 Å². The summed E-state index contributed by atoms with van der Waals surface area (Å²) in [6.45, 7) is 3.28. The highest BCUT2D eigenvalue weighted by Crippen LogP contribution is 2.11. The van der Waals surface area contributed by atoms with E-state index in [-0.39, 0.29) is 11.8 Å². The van der Waals surface area contributed by atoms with Gasteiger partial charge in [-0.1, -0.05) is 49.6 Å². The van der Waals surface area contributed by atoms with Gasteiger partial charge in [-0.05, 0) is 48.7 Å². The Bertz CT molecular complexity index is 746. The van der Waals surface area contributed by atoms with E-state index in [1.807, 2.05) is 24.3 Å². The van der Waals surface area contributed by atoms with Gasteiger partial charge >= 0.3 is 0 Å². The zero-order valence-corrected chi connectivity index (χ0v) is 15.8. The second kappa shape index (κ2) is 10.6. The molecule has 2 amide bonds. The minimum absolute atomic E-state index is 0.144. The quantitative estimate of drug-likeness (QED) is 0.647. The zero-order valence-electron chi connectivity index (χ0n) is 15.1. The number of carbonyl (C=O) groups excluding carboxylic acids is 2. The molecule has 0 radical (unpaired) electrons. The molecule has 0 bridgehead atoms. The molecule has 0 aliphatic rings. The van der Waals surface area contributed by atoms with E-state index < -0.39 is 0 Å². The molecule has 2 aromatic carbocycles. The van der Waals surface area contributed by atoms with Crippen LogP contribution in [0.25, 0.3) is 0 Å².